The summed E-state index contributed by atoms with van der Waals surface area (Å²) >= 11 is 0. The van der Waals surface area contributed by atoms with Crippen molar-refractivity contribution in [3.05, 3.63) is 41.7 Å². The van der Waals surface area contributed by atoms with Gasteiger partial charge in [-0.2, -0.15) is 0 Å². The molecule has 2 rings (SSSR count). The van der Waals surface area contributed by atoms with Gasteiger partial charge in [0, 0.05) is 19.2 Å². The molecule has 0 bridgehead atoms. The monoisotopic (exact) mass is 262 g/mol. The smallest absolute Gasteiger partial charge is 0.246 e. The summed E-state index contributed by atoms with van der Waals surface area (Å²) in [5, 5.41) is 3.14. The predicted octanol–water partition coefficient (Wildman–Crippen LogP) is 1.91. The molecule has 1 atom stereocenters. The van der Waals surface area contributed by atoms with E-state index in [4.69, 9.17) is 0 Å². The number of carbonyl (C=O) groups is 1. The number of nitrogens with one attached hydrogen (secondary N) is 1. The van der Waals surface area contributed by atoms with Crippen LogP contribution >= 0.6 is 0 Å². The van der Waals surface area contributed by atoms with Gasteiger partial charge in [0.05, 0.1) is 0 Å². The Morgan fingerprint density at radius 2 is 2.21 bits per heavy atom. The second-order valence-corrected chi connectivity index (χ2v) is 4.88. The Morgan fingerprint density at radius 1 is 1.47 bits per heavy atom. The molecule has 1 saturated heterocycles. The Balaban J connectivity index is 1.89. The van der Waals surface area contributed by atoms with Crippen molar-refractivity contribution in [2.45, 2.75) is 6.42 Å². The van der Waals surface area contributed by atoms with Crippen molar-refractivity contribution in [2.24, 2.45) is 5.92 Å². The topological polar surface area (TPSA) is 32.3 Å². The largest absolute Gasteiger partial charge is 0.339 e. The molecule has 19 heavy (non-hydrogen) atoms. The van der Waals surface area contributed by atoms with E-state index in [1.54, 1.807) is 24.3 Å². The van der Waals surface area contributed by atoms with Crippen LogP contribution < -0.4 is 5.32 Å². The Bertz CT molecular complexity index is 456. The third-order valence-electron chi connectivity index (χ3n) is 3.38. The van der Waals surface area contributed by atoms with E-state index in [9.17, 15) is 9.18 Å². The molecule has 0 saturated carbocycles. The summed E-state index contributed by atoms with van der Waals surface area (Å²) < 4.78 is 12.7. The fourth-order valence-corrected chi connectivity index (χ4v) is 2.33. The fraction of sp³-hybridized carbons (Fsp3) is 0.400. The van der Waals surface area contributed by atoms with Crippen LogP contribution in [-0.4, -0.2) is 37.5 Å². The molecule has 0 radical (unpaired) electrons. The molecule has 1 aliphatic rings. The molecule has 1 aliphatic heterocycles. The van der Waals surface area contributed by atoms with E-state index in [2.05, 4.69) is 5.32 Å². The average molecular weight is 262 g/mol. The van der Waals surface area contributed by atoms with Gasteiger partial charge in [-0.05, 0) is 49.7 Å². The molecule has 1 amide bonds. The quantitative estimate of drug-likeness (QED) is 0.841. The van der Waals surface area contributed by atoms with Crippen molar-refractivity contribution in [1.29, 1.82) is 0 Å². The maximum absolute atomic E-state index is 12.7. The van der Waals surface area contributed by atoms with Crippen LogP contribution in [0.4, 0.5) is 4.39 Å². The SMILES string of the molecule is CNC[C@@H]1CCN(C(=O)/C=C/c2ccc(F)cc2)C1. The standard InChI is InChI=1S/C15H19FN2O/c1-17-10-13-8-9-18(11-13)15(19)7-4-12-2-5-14(16)6-3-12/h2-7,13,17H,8-11H2,1H3/b7-4+/t13-/m0/s1. The molecule has 4 heteroatoms. The van der Waals surface area contributed by atoms with Crippen LogP contribution in [0.1, 0.15) is 12.0 Å². The van der Waals surface area contributed by atoms with Gasteiger partial charge in [-0.15, -0.1) is 0 Å². The zero-order valence-electron chi connectivity index (χ0n) is 11.1. The third-order valence-corrected chi connectivity index (χ3v) is 3.38. The zero-order valence-corrected chi connectivity index (χ0v) is 11.1. The highest BCUT2D eigenvalue weighted by molar-refractivity contribution is 5.91. The van der Waals surface area contributed by atoms with E-state index < -0.39 is 0 Å². The Hall–Kier alpha value is -1.68. The summed E-state index contributed by atoms with van der Waals surface area (Å²) in [5.41, 5.74) is 0.834. The van der Waals surface area contributed by atoms with Gasteiger partial charge in [0.1, 0.15) is 5.82 Å². The van der Waals surface area contributed by atoms with Gasteiger partial charge in [-0.25, -0.2) is 4.39 Å². The number of halogens is 1. The predicted molar refractivity (Wildman–Crippen MR) is 74.0 cm³/mol. The molecule has 0 spiro atoms. The number of carbonyl (C=O) groups excluding carboxylic acids is 1. The first-order chi connectivity index (χ1) is 9.19. The number of amides is 1. The van der Waals surface area contributed by atoms with Gasteiger partial charge < -0.3 is 10.2 Å². The molecule has 1 N–H and O–H groups in total. The van der Waals surface area contributed by atoms with Crippen LogP contribution in [0.15, 0.2) is 30.3 Å². The van der Waals surface area contributed by atoms with Gasteiger partial charge in [0.2, 0.25) is 5.91 Å². The first kappa shape index (κ1) is 13.7. The van der Waals surface area contributed by atoms with E-state index in [-0.39, 0.29) is 11.7 Å². The highest BCUT2D eigenvalue weighted by Gasteiger charge is 2.24. The lowest BCUT2D eigenvalue weighted by atomic mass is 10.1. The van der Waals surface area contributed by atoms with Crippen LogP contribution in [0.3, 0.4) is 0 Å². The minimum absolute atomic E-state index is 0.0305. The molecular weight excluding hydrogens is 243 g/mol. The molecule has 0 unspecified atom stereocenters. The molecule has 1 fully saturated rings. The normalized spacial score (nSPS) is 19.3. The van der Waals surface area contributed by atoms with Crippen molar-refractivity contribution >= 4 is 12.0 Å². The van der Waals surface area contributed by atoms with E-state index in [1.807, 2.05) is 11.9 Å². The fourth-order valence-electron chi connectivity index (χ4n) is 2.33. The van der Waals surface area contributed by atoms with Crippen LogP contribution in [0.5, 0.6) is 0 Å². The van der Waals surface area contributed by atoms with Gasteiger partial charge in [0.25, 0.3) is 0 Å². The molecule has 1 heterocycles. The first-order valence-electron chi connectivity index (χ1n) is 6.56. The summed E-state index contributed by atoms with van der Waals surface area (Å²) in [5.74, 6) is 0.314. The lowest BCUT2D eigenvalue weighted by Gasteiger charge is -2.14. The molecule has 1 aromatic carbocycles. The third kappa shape index (κ3) is 3.89. The molecule has 102 valence electrons. The van der Waals surface area contributed by atoms with E-state index in [0.29, 0.717) is 5.92 Å². The molecule has 3 nitrogen and oxygen atoms in total. The summed E-state index contributed by atoms with van der Waals surface area (Å²) in [7, 11) is 1.93. The van der Waals surface area contributed by atoms with Gasteiger partial charge in [-0.3, -0.25) is 4.79 Å². The maximum atomic E-state index is 12.7. The molecule has 0 aromatic heterocycles. The van der Waals surface area contributed by atoms with Gasteiger partial charge >= 0.3 is 0 Å². The second kappa shape index (κ2) is 6.48. The minimum Gasteiger partial charge on any atom is -0.339 e. The van der Waals surface area contributed by atoms with Crippen LogP contribution in [0.2, 0.25) is 0 Å². The van der Waals surface area contributed by atoms with E-state index >= 15 is 0 Å². The lowest BCUT2D eigenvalue weighted by Crippen LogP contribution is -2.28. The summed E-state index contributed by atoms with van der Waals surface area (Å²) in [6.07, 6.45) is 4.35. The van der Waals surface area contributed by atoms with Crippen LogP contribution in [0.25, 0.3) is 6.08 Å². The van der Waals surface area contributed by atoms with Crippen molar-refractivity contribution in [2.75, 3.05) is 26.7 Å². The average Bonchev–Trinajstić information content (AvgIpc) is 2.87. The van der Waals surface area contributed by atoms with Crippen molar-refractivity contribution < 1.29 is 9.18 Å². The van der Waals surface area contributed by atoms with Gasteiger partial charge in [0.15, 0.2) is 0 Å². The van der Waals surface area contributed by atoms with Crippen molar-refractivity contribution in [3.8, 4) is 0 Å². The highest BCUT2D eigenvalue weighted by atomic mass is 19.1. The molecule has 0 aliphatic carbocycles. The summed E-state index contributed by atoms with van der Waals surface area (Å²) in [4.78, 5) is 13.8. The van der Waals surface area contributed by atoms with Crippen LogP contribution in [-0.2, 0) is 4.79 Å². The number of hydrogen-bond donors (Lipinski definition) is 1. The number of benzene rings is 1. The highest BCUT2D eigenvalue weighted by Crippen LogP contribution is 2.16. The Morgan fingerprint density at radius 3 is 2.89 bits per heavy atom. The zero-order chi connectivity index (χ0) is 13.7. The van der Waals surface area contributed by atoms with E-state index in [0.717, 1.165) is 31.6 Å². The van der Waals surface area contributed by atoms with Crippen LogP contribution in [0, 0.1) is 11.7 Å². The number of nitrogens with zero attached hydrogens (tertiary/aromatic N) is 1. The minimum atomic E-state index is -0.266. The number of likely N-dealkylation sites (tertiary alicyclic amines) is 1. The number of rotatable bonds is 4. The van der Waals surface area contributed by atoms with Crippen molar-refractivity contribution in [3.63, 3.8) is 0 Å². The molecular formula is C15H19FN2O. The Kier molecular flexibility index (Phi) is 4.68. The summed E-state index contributed by atoms with van der Waals surface area (Å²) in [6.45, 7) is 2.58. The van der Waals surface area contributed by atoms with Gasteiger partial charge in [-0.1, -0.05) is 12.1 Å². The molecule has 1 aromatic rings. The first-order valence-corrected chi connectivity index (χ1v) is 6.56. The number of hydrogen-bond acceptors (Lipinski definition) is 2. The summed E-state index contributed by atoms with van der Waals surface area (Å²) in [6, 6.07) is 6.10. The maximum Gasteiger partial charge on any atom is 0.246 e. The second-order valence-electron chi connectivity index (χ2n) is 4.88. The van der Waals surface area contributed by atoms with Crippen molar-refractivity contribution in [1.82, 2.24) is 10.2 Å². The lowest BCUT2D eigenvalue weighted by molar-refractivity contribution is -0.125. The Labute approximate surface area is 113 Å². The van der Waals surface area contributed by atoms with E-state index in [1.165, 1.54) is 12.1 Å².